The number of aromatic nitrogens is 1. The summed E-state index contributed by atoms with van der Waals surface area (Å²) in [5.41, 5.74) is 3.09. The van der Waals surface area contributed by atoms with Crippen LogP contribution in [0.4, 0.5) is 0 Å². The smallest absolute Gasteiger partial charge is 0.329 e. The summed E-state index contributed by atoms with van der Waals surface area (Å²) in [7, 11) is 1.61. The van der Waals surface area contributed by atoms with Gasteiger partial charge in [0.05, 0.1) is 12.0 Å². The standard InChI is InChI=1S/C25H26N2O5S/c1-16-14-20(17(2)27(16)18-8-10-19(31-3)11-9-18)22(28)15-32-25(30)21-6-4-12-26(21)24(29)23-7-5-13-33-23/h5,7-11,13-14,21H,4,6,12,15H2,1-3H3/t21-/m1/s1. The van der Waals surface area contributed by atoms with Gasteiger partial charge in [-0.1, -0.05) is 6.07 Å². The lowest BCUT2D eigenvalue weighted by molar-refractivity contribution is -0.147. The van der Waals surface area contributed by atoms with E-state index in [1.54, 1.807) is 24.1 Å². The molecule has 172 valence electrons. The van der Waals surface area contributed by atoms with Crippen LogP contribution in [-0.2, 0) is 9.53 Å². The maximum atomic E-state index is 12.9. The Morgan fingerprint density at radius 3 is 2.55 bits per heavy atom. The van der Waals surface area contributed by atoms with Gasteiger partial charge in [0.2, 0.25) is 5.78 Å². The van der Waals surface area contributed by atoms with E-state index >= 15 is 0 Å². The first kappa shape index (κ1) is 22.8. The van der Waals surface area contributed by atoms with E-state index in [-0.39, 0.29) is 18.3 Å². The van der Waals surface area contributed by atoms with Gasteiger partial charge < -0.3 is 18.9 Å². The van der Waals surface area contributed by atoms with Crippen molar-refractivity contribution >= 4 is 29.0 Å². The molecular formula is C25H26N2O5S. The average Bonchev–Trinajstić information content (AvgIpc) is 3.58. The van der Waals surface area contributed by atoms with Crippen molar-refractivity contribution in [2.75, 3.05) is 20.3 Å². The third-order valence-corrected chi connectivity index (χ3v) is 6.78. The molecule has 33 heavy (non-hydrogen) atoms. The first-order chi connectivity index (χ1) is 15.9. The van der Waals surface area contributed by atoms with Crippen molar-refractivity contribution in [2.45, 2.75) is 32.7 Å². The summed E-state index contributed by atoms with van der Waals surface area (Å²) in [6.45, 7) is 3.94. The highest BCUT2D eigenvalue weighted by Gasteiger charge is 2.36. The Morgan fingerprint density at radius 1 is 1.12 bits per heavy atom. The van der Waals surface area contributed by atoms with E-state index in [9.17, 15) is 14.4 Å². The number of hydrogen-bond acceptors (Lipinski definition) is 6. The van der Waals surface area contributed by atoms with Gasteiger partial charge in [-0.05, 0) is 68.5 Å². The maximum absolute atomic E-state index is 12.9. The number of likely N-dealkylation sites (tertiary alicyclic amines) is 1. The summed E-state index contributed by atoms with van der Waals surface area (Å²) in [5, 5.41) is 1.83. The van der Waals surface area contributed by atoms with Gasteiger partial charge in [-0.15, -0.1) is 11.3 Å². The summed E-state index contributed by atoms with van der Waals surface area (Å²) in [4.78, 5) is 40.5. The zero-order chi connectivity index (χ0) is 23.5. The van der Waals surface area contributed by atoms with Crippen LogP contribution in [0.15, 0.2) is 47.8 Å². The van der Waals surface area contributed by atoms with Crippen molar-refractivity contribution in [3.63, 3.8) is 0 Å². The van der Waals surface area contributed by atoms with Crippen LogP contribution in [0.25, 0.3) is 5.69 Å². The molecule has 2 aromatic heterocycles. The van der Waals surface area contributed by atoms with E-state index in [4.69, 9.17) is 9.47 Å². The van der Waals surface area contributed by atoms with Gasteiger partial charge in [-0.3, -0.25) is 9.59 Å². The van der Waals surface area contributed by atoms with Crippen molar-refractivity contribution in [1.29, 1.82) is 0 Å². The molecule has 3 heterocycles. The quantitative estimate of drug-likeness (QED) is 0.385. The zero-order valence-corrected chi connectivity index (χ0v) is 19.7. The molecule has 0 spiro atoms. The van der Waals surface area contributed by atoms with Gasteiger partial charge in [0.1, 0.15) is 11.8 Å². The fourth-order valence-corrected chi connectivity index (χ4v) is 4.96. The second kappa shape index (κ2) is 9.62. The Labute approximate surface area is 196 Å². The average molecular weight is 467 g/mol. The lowest BCUT2D eigenvalue weighted by Crippen LogP contribution is -2.41. The highest BCUT2D eigenvalue weighted by Crippen LogP contribution is 2.25. The highest BCUT2D eigenvalue weighted by atomic mass is 32.1. The molecular weight excluding hydrogens is 440 g/mol. The molecule has 4 rings (SSSR count). The molecule has 7 nitrogen and oxygen atoms in total. The minimum atomic E-state index is -0.654. The number of aryl methyl sites for hydroxylation is 1. The van der Waals surface area contributed by atoms with Gasteiger partial charge in [-0.25, -0.2) is 4.79 Å². The Morgan fingerprint density at radius 2 is 1.88 bits per heavy atom. The number of nitrogens with zero attached hydrogens (tertiary/aromatic N) is 2. The number of rotatable bonds is 7. The number of hydrogen-bond donors (Lipinski definition) is 0. The van der Waals surface area contributed by atoms with Crippen LogP contribution in [0.1, 0.15) is 44.3 Å². The third kappa shape index (κ3) is 4.57. The minimum absolute atomic E-state index is 0.168. The van der Waals surface area contributed by atoms with Crippen LogP contribution < -0.4 is 4.74 Å². The van der Waals surface area contributed by atoms with E-state index in [0.29, 0.717) is 23.4 Å². The fourth-order valence-electron chi connectivity index (χ4n) is 4.28. The summed E-state index contributed by atoms with van der Waals surface area (Å²) in [5.74, 6) is -0.221. The third-order valence-electron chi connectivity index (χ3n) is 5.93. The van der Waals surface area contributed by atoms with Crippen LogP contribution in [0, 0.1) is 13.8 Å². The number of esters is 1. The van der Waals surface area contributed by atoms with E-state index in [0.717, 1.165) is 29.2 Å². The molecule has 8 heteroatoms. The number of Topliss-reactive ketones (excluding diaryl/α,β-unsaturated/α-hetero) is 1. The first-order valence-electron chi connectivity index (χ1n) is 10.8. The van der Waals surface area contributed by atoms with Crippen molar-refractivity contribution in [1.82, 2.24) is 9.47 Å². The van der Waals surface area contributed by atoms with Gasteiger partial charge in [-0.2, -0.15) is 0 Å². The molecule has 1 saturated heterocycles. The molecule has 1 amide bonds. The Bertz CT molecular complexity index is 1160. The van der Waals surface area contributed by atoms with Crippen molar-refractivity contribution < 1.29 is 23.9 Å². The van der Waals surface area contributed by atoms with E-state index < -0.39 is 12.0 Å². The van der Waals surface area contributed by atoms with E-state index in [1.807, 2.05) is 54.1 Å². The number of amides is 1. The lowest BCUT2D eigenvalue weighted by atomic mass is 10.1. The van der Waals surface area contributed by atoms with E-state index in [2.05, 4.69) is 0 Å². The molecule has 0 bridgehead atoms. The molecule has 0 radical (unpaired) electrons. The number of carbonyl (C=O) groups excluding carboxylic acids is 3. The van der Waals surface area contributed by atoms with Crippen LogP contribution in [0.3, 0.4) is 0 Å². The molecule has 0 saturated carbocycles. The van der Waals surface area contributed by atoms with Gasteiger partial charge in [0.15, 0.2) is 6.61 Å². The normalized spacial score (nSPS) is 15.5. The molecule has 0 unspecified atom stereocenters. The zero-order valence-electron chi connectivity index (χ0n) is 18.9. The van der Waals surface area contributed by atoms with Crippen molar-refractivity contribution in [3.05, 3.63) is 69.7 Å². The molecule has 0 N–H and O–H groups in total. The fraction of sp³-hybridized carbons (Fsp3) is 0.320. The topological polar surface area (TPSA) is 77.8 Å². The van der Waals surface area contributed by atoms with Crippen LogP contribution in [-0.4, -0.2) is 53.4 Å². The Hall–Kier alpha value is -3.39. The lowest BCUT2D eigenvalue weighted by Gasteiger charge is -2.22. The van der Waals surface area contributed by atoms with E-state index in [1.165, 1.54) is 11.3 Å². The number of methoxy groups -OCH3 is 1. The van der Waals surface area contributed by atoms with Crippen molar-refractivity contribution in [3.8, 4) is 11.4 Å². The van der Waals surface area contributed by atoms with Crippen LogP contribution in [0.5, 0.6) is 5.75 Å². The number of ketones is 1. The number of ether oxygens (including phenoxy) is 2. The first-order valence-corrected chi connectivity index (χ1v) is 11.7. The number of thiophene rings is 1. The molecule has 1 atom stereocenters. The Balaban J connectivity index is 1.43. The molecule has 1 aliphatic rings. The predicted octanol–water partition coefficient (Wildman–Crippen LogP) is 4.19. The second-order valence-electron chi connectivity index (χ2n) is 7.98. The summed E-state index contributed by atoms with van der Waals surface area (Å²) in [6.07, 6.45) is 1.27. The Kier molecular flexibility index (Phi) is 6.65. The second-order valence-corrected chi connectivity index (χ2v) is 8.93. The summed E-state index contributed by atoms with van der Waals surface area (Å²) >= 11 is 1.35. The summed E-state index contributed by atoms with van der Waals surface area (Å²) in [6, 6.07) is 12.3. The summed E-state index contributed by atoms with van der Waals surface area (Å²) < 4.78 is 12.6. The molecule has 3 aromatic rings. The van der Waals surface area contributed by atoms with Crippen LogP contribution >= 0.6 is 11.3 Å². The number of benzene rings is 1. The molecule has 1 aromatic carbocycles. The predicted molar refractivity (Wildman–Crippen MR) is 125 cm³/mol. The monoisotopic (exact) mass is 466 g/mol. The highest BCUT2D eigenvalue weighted by molar-refractivity contribution is 7.12. The van der Waals surface area contributed by atoms with Gasteiger partial charge in [0, 0.05) is 29.2 Å². The molecule has 1 fully saturated rings. The molecule has 1 aliphatic heterocycles. The number of carbonyl (C=O) groups is 3. The largest absolute Gasteiger partial charge is 0.497 e. The van der Waals surface area contributed by atoms with Crippen LogP contribution in [0.2, 0.25) is 0 Å². The van der Waals surface area contributed by atoms with Gasteiger partial charge >= 0.3 is 5.97 Å². The minimum Gasteiger partial charge on any atom is -0.497 e. The maximum Gasteiger partial charge on any atom is 0.329 e. The SMILES string of the molecule is COc1ccc(-n2c(C)cc(C(=O)COC(=O)[C@H]3CCCN3C(=O)c3cccs3)c2C)cc1. The van der Waals surface area contributed by atoms with Crippen molar-refractivity contribution in [2.24, 2.45) is 0 Å². The van der Waals surface area contributed by atoms with Gasteiger partial charge in [0.25, 0.3) is 5.91 Å². The molecule has 0 aliphatic carbocycles.